The molecule has 2 N–H and O–H groups in total. The third kappa shape index (κ3) is 2.48. The molecule has 18 heavy (non-hydrogen) atoms. The molecule has 0 saturated heterocycles. The minimum atomic E-state index is -1.06. The normalized spacial score (nSPS) is 10.1. The van der Waals surface area contributed by atoms with Gasteiger partial charge in [0.1, 0.15) is 17.7 Å². The van der Waals surface area contributed by atoms with Crippen LogP contribution >= 0.6 is 15.9 Å². The van der Waals surface area contributed by atoms with Crippen LogP contribution < -0.4 is 5.32 Å². The number of aromatic nitrogens is 2. The zero-order valence-corrected chi connectivity index (χ0v) is 11.1. The number of carbonyl (C=O) groups is 1. The Morgan fingerprint density at radius 1 is 1.44 bits per heavy atom. The molecule has 1 heterocycles. The molecular weight excluding hydrogens is 298 g/mol. The van der Waals surface area contributed by atoms with E-state index < -0.39 is 5.97 Å². The highest BCUT2D eigenvalue weighted by atomic mass is 79.9. The number of nitrogens with zero attached hydrogens (tertiary/aromatic N) is 2. The number of hydrogen-bond acceptors (Lipinski definition) is 4. The maximum atomic E-state index is 11.0. The van der Waals surface area contributed by atoms with E-state index >= 15 is 0 Å². The van der Waals surface area contributed by atoms with Crippen LogP contribution in [0.2, 0.25) is 0 Å². The van der Waals surface area contributed by atoms with Crippen LogP contribution in [0.1, 0.15) is 15.9 Å². The van der Waals surface area contributed by atoms with Crippen LogP contribution in [0.3, 0.4) is 0 Å². The van der Waals surface area contributed by atoms with Crippen molar-refractivity contribution in [1.82, 2.24) is 9.97 Å². The number of nitrogens with one attached hydrogen (secondary N) is 1. The summed E-state index contributed by atoms with van der Waals surface area (Å²) in [4.78, 5) is 18.7. The van der Waals surface area contributed by atoms with Crippen molar-refractivity contribution in [1.29, 1.82) is 0 Å². The van der Waals surface area contributed by atoms with Crippen LogP contribution in [0.4, 0.5) is 11.5 Å². The monoisotopic (exact) mass is 307 g/mol. The van der Waals surface area contributed by atoms with Gasteiger partial charge in [-0.05, 0) is 24.6 Å². The van der Waals surface area contributed by atoms with Crippen LogP contribution in [-0.2, 0) is 0 Å². The Hall–Kier alpha value is -1.95. The SMILES string of the molecule is Cc1c(Br)cccc1Nc1ncncc1C(=O)O. The van der Waals surface area contributed by atoms with E-state index in [1.165, 1.54) is 12.5 Å². The molecule has 5 nitrogen and oxygen atoms in total. The van der Waals surface area contributed by atoms with Crippen LogP contribution in [-0.4, -0.2) is 21.0 Å². The summed E-state index contributed by atoms with van der Waals surface area (Å²) in [6.45, 7) is 1.92. The molecule has 0 fully saturated rings. The highest BCUT2D eigenvalue weighted by Gasteiger charge is 2.12. The summed E-state index contributed by atoms with van der Waals surface area (Å²) in [5.74, 6) is -0.788. The molecule has 1 aromatic heterocycles. The molecule has 0 spiro atoms. The fourth-order valence-electron chi connectivity index (χ4n) is 1.46. The Morgan fingerprint density at radius 2 is 2.22 bits per heavy atom. The largest absolute Gasteiger partial charge is 0.477 e. The second-order valence-corrected chi connectivity index (χ2v) is 4.48. The van der Waals surface area contributed by atoms with E-state index in [1.54, 1.807) is 0 Å². The van der Waals surface area contributed by atoms with E-state index in [1.807, 2.05) is 25.1 Å². The molecule has 6 heteroatoms. The average molecular weight is 308 g/mol. The summed E-state index contributed by atoms with van der Waals surface area (Å²) in [7, 11) is 0. The van der Waals surface area contributed by atoms with Crippen molar-refractivity contribution in [2.75, 3.05) is 5.32 Å². The third-order valence-corrected chi connectivity index (χ3v) is 3.32. The number of benzene rings is 1. The molecular formula is C12H10BrN3O2. The highest BCUT2D eigenvalue weighted by molar-refractivity contribution is 9.10. The zero-order valence-electron chi connectivity index (χ0n) is 9.51. The standard InChI is InChI=1S/C12H10BrN3O2/c1-7-9(13)3-2-4-10(7)16-11-8(12(17)18)5-14-6-15-11/h2-6H,1H3,(H,17,18)(H,14,15,16). The fourth-order valence-corrected chi connectivity index (χ4v) is 1.82. The highest BCUT2D eigenvalue weighted by Crippen LogP contribution is 2.26. The summed E-state index contributed by atoms with van der Waals surface area (Å²) >= 11 is 3.42. The summed E-state index contributed by atoms with van der Waals surface area (Å²) in [6, 6.07) is 5.63. The number of anilines is 2. The molecule has 0 radical (unpaired) electrons. The maximum Gasteiger partial charge on any atom is 0.341 e. The summed E-state index contributed by atoms with van der Waals surface area (Å²) in [6.07, 6.45) is 2.58. The van der Waals surface area contributed by atoms with Gasteiger partial charge in [-0.1, -0.05) is 22.0 Å². The van der Waals surface area contributed by atoms with Gasteiger partial charge in [-0.25, -0.2) is 14.8 Å². The second kappa shape index (κ2) is 5.14. The minimum Gasteiger partial charge on any atom is -0.477 e. The fraction of sp³-hybridized carbons (Fsp3) is 0.0833. The first-order valence-corrected chi connectivity index (χ1v) is 5.94. The quantitative estimate of drug-likeness (QED) is 0.911. The van der Waals surface area contributed by atoms with Crippen LogP contribution in [0, 0.1) is 6.92 Å². The van der Waals surface area contributed by atoms with Gasteiger partial charge in [-0.2, -0.15) is 0 Å². The van der Waals surface area contributed by atoms with Crippen molar-refractivity contribution in [3.05, 3.63) is 46.3 Å². The lowest BCUT2D eigenvalue weighted by molar-refractivity contribution is 0.0697. The van der Waals surface area contributed by atoms with Crippen molar-refractivity contribution in [3.63, 3.8) is 0 Å². The summed E-state index contributed by atoms with van der Waals surface area (Å²) in [5, 5.41) is 12.0. The number of halogens is 1. The van der Waals surface area contributed by atoms with Crippen molar-refractivity contribution >= 4 is 33.4 Å². The Labute approximate surface area is 112 Å². The van der Waals surface area contributed by atoms with Crippen LogP contribution in [0.15, 0.2) is 35.2 Å². The molecule has 0 aliphatic rings. The van der Waals surface area contributed by atoms with Crippen molar-refractivity contribution < 1.29 is 9.90 Å². The molecule has 2 aromatic rings. The number of carboxylic acid groups (broad SMARTS) is 1. The Morgan fingerprint density at radius 3 is 2.94 bits per heavy atom. The molecule has 0 bridgehead atoms. The third-order valence-electron chi connectivity index (χ3n) is 2.46. The Bertz CT molecular complexity index is 602. The lowest BCUT2D eigenvalue weighted by atomic mass is 10.2. The van der Waals surface area contributed by atoms with Crippen molar-refractivity contribution in [3.8, 4) is 0 Å². The lowest BCUT2D eigenvalue weighted by Gasteiger charge is -2.11. The van der Waals surface area contributed by atoms with Crippen molar-refractivity contribution in [2.24, 2.45) is 0 Å². The van der Waals surface area contributed by atoms with Crippen molar-refractivity contribution in [2.45, 2.75) is 6.92 Å². The van der Waals surface area contributed by atoms with Crippen LogP contribution in [0.5, 0.6) is 0 Å². The lowest BCUT2D eigenvalue weighted by Crippen LogP contribution is -2.06. The van der Waals surface area contributed by atoms with Gasteiger partial charge in [0.05, 0.1) is 0 Å². The molecule has 2 rings (SSSR count). The number of hydrogen-bond donors (Lipinski definition) is 2. The van der Waals surface area contributed by atoms with Gasteiger partial charge in [-0.3, -0.25) is 0 Å². The van der Waals surface area contributed by atoms with E-state index in [9.17, 15) is 4.79 Å². The molecule has 0 aliphatic carbocycles. The smallest absolute Gasteiger partial charge is 0.341 e. The Balaban J connectivity index is 2.40. The molecule has 0 saturated carbocycles. The number of carboxylic acids is 1. The first kappa shape index (κ1) is 12.5. The molecule has 0 atom stereocenters. The molecule has 0 unspecified atom stereocenters. The van der Waals surface area contributed by atoms with E-state index in [-0.39, 0.29) is 11.4 Å². The van der Waals surface area contributed by atoms with Gasteiger partial charge in [0.15, 0.2) is 0 Å². The van der Waals surface area contributed by atoms with Gasteiger partial charge >= 0.3 is 5.97 Å². The predicted octanol–water partition coefficient (Wildman–Crippen LogP) is 2.99. The first-order valence-electron chi connectivity index (χ1n) is 5.15. The molecule has 0 amide bonds. The van der Waals surface area contributed by atoms with Gasteiger partial charge in [-0.15, -0.1) is 0 Å². The number of aromatic carboxylic acids is 1. The van der Waals surface area contributed by atoms with Gasteiger partial charge in [0.25, 0.3) is 0 Å². The number of rotatable bonds is 3. The molecule has 92 valence electrons. The average Bonchev–Trinajstić information content (AvgIpc) is 2.35. The van der Waals surface area contributed by atoms with E-state index in [0.717, 1.165) is 15.7 Å². The van der Waals surface area contributed by atoms with E-state index in [2.05, 4.69) is 31.2 Å². The second-order valence-electron chi connectivity index (χ2n) is 3.63. The van der Waals surface area contributed by atoms with E-state index in [4.69, 9.17) is 5.11 Å². The van der Waals surface area contributed by atoms with E-state index in [0.29, 0.717) is 0 Å². The van der Waals surface area contributed by atoms with Gasteiger partial charge < -0.3 is 10.4 Å². The van der Waals surface area contributed by atoms with Gasteiger partial charge in [0.2, 0.25) is 0 Å². The van der Waals surface area contributed by atoms with Crippen LogP contribution in [0.25, 0.3) is 0 Å². The topological polar surface area (TPSA) is 75.1 Å². The summed E-state index contributed by atoms with van der Waals surface area (Å²) < 4.78 is 0.943. The predicted molar refractivity (Wildman–Crippen MR) is 71.2 cm³/mol. The first-order chi connectivity index (χ1) is 8.59. The minimum absolute atomic E-state index is 0.0388. The summed E-state index contributed by atoms with van der Waals surface area (Å²) in [5.41, 5.74) is 1.81. The Kier molecular flexibility index (Phi) is 3.57. The van der Waals surface area contributed by atoms with Gasteiger partial charge in [0, 0.05) is 16.4 Å². The molecule has 0 aliphatic heterocycles. The maximum absolute atomic E-state index is 11.0. The molecule has 1 aromatic carbocycles. The zero-order chi connectivity index (χ0) is 13.1.